The van der Waals surface area contributed by atoms with Gasteiger partial charge < -0.3 is 15.3 Å². The predicted molar refractivity (Wildman–Crippen MR) is 74.0 cm³/mol. The number of benzene rings is 2. The summed E-state index contributed by atoms with van der Waals surface area (Å²) in [5.41, 5.74) is -0.337. The zero-order valence-corrected chi connectivity index (χ0v) is 11.3. The number of aromatic carboxylic acids is 1. The van der Waals surface area contributed by atoms with Crippen LogP contribution >= 0.6 is 0 Å². The van der Waals surface area contributed by atoms with Crippen molar-refractivity contribution >= 4 is 21.7 Å². The number of aromatic hydroxyl groups is 2. The summed E-state index contributed by atoms with van der Waals surface area (Å²) in [6.07, 6.45) is 0. The first kappa shape index (κ1) is 14.7. The monoisotopic (exact) mass is 309 g/mol. The van der Waals surface area contributed by atoms with Gasteiger partial charge in [0.15, 0.2) is 0 Å². The third kappa shape index (κ3) is 3.23. The van der Waals surface area contributed by atoms with Crippen molar-refractivity contribution in [2.45, 2.75) is 4.90 Å². The highest BCUT2D eigenvalue weighted by atomic mass is 32.2. The number of sulfonamides is 1. The molecule has 0 atom stereocenters. The molecule has 2 aromatic carbocycles. The van der Waals surface area contributed by atoms with Crippen LogP contribution in [0.25, 0.3) is 0 Å². The largest absolute Gasteiger partial charge is 0.508 e. The molecule has 0 aliphatic rings. The molecular weight excluding hydrogens is 298 g/mol. The zero-order chi connectivity index (χ0) is 15.6. The molecule has 0 unspecified atom stereocenters. The van der Waals surface area contributed by atoms with Crippen LogP contribution in [-0.2, 0) is 10.0 Å². The second-order valence-corrected chi connectivity index (χ2v) is 5.82. The molecule has 21 heavy (non-hydrogen) atoms. The van der Waals surface area contributed by atoms with Crippen LogP contribution in [0.15, 0.2) is 47.4 Å². The minimum absolute atomic E-state index is 0.000780. The van der Waals surface area contributed by atoms with E-state index in [0.29, 0.717) is 0 Å². The summed E-state index contributed by atoms with van der Waals surface area (Å²) in [5, 5.41) is 27.6. The zero-order valence-electron chi connectivity index (χ0n) is 10.5. The fourth-order valence-electron chi connectivity index (χ4n) is 1.64. The highest BCUT2D eigenvalue weighted by molar-refractivity contribution is 7.92. The number of phenols is 2. The van der Waals surface area contributed by atoms with Gasteiger partial charge in [-0.05, 0) is 24.3 Å². The van der Waals surface area contributed by atoms with Crippen LogP contribution in [0.4, 0.5) is 5.69 Å². The van der Waals surface area contributed by atoms with Crippen LogP contribution < -0.4 is 4.72 Å². The number of hydrogen-bond donors (Lipinski definition) is 4. The fraction of sp³-hybridized carbons (Fsp3) is 0. The lowest BCUT2D eigenvalue weighted by Gasteiger charge is -2.09. The van der Waals surface area contributed by atoms with Crippen molar-refractivity contribution in [2.24, 2.45) is 0 Å². The predicted octanol–water partition coefficient (Wildman–Crippen LogP) is 1.60. The number of nitrogens with one attached hydrogen (secondary N) is 1. The molecule has 8 heteroatoms. The van der Waals surface area contributed by atoms with Gasteiger partial charge in [-0.25, -0.2) is 13.2 Å². The summed E-state index contributed by atoms with van der Waals surface area (Å²) in [4.78, 5) is 10.6. The normalized spacial score (nSPS) is 11.0. The Bertz CT molecular complexity index is 800. The molecular formula is C13H11NO6S. The Kier molecular flexibility index (Phi) is 3.72. The van der Waals surface area contributed by atoms with Crippen LogP contribution in [-0.4, -0.2) is 29.7 Å². The van der Waals surface area contributed by atoms with Crippen molar-refractivity contribution in [1.82, 2.24) is 0 Å². The molecule has 0 aromatic heterocycles. The Morgan fingerprint density at radius 2 is 1.76 bits per heavy atom. The van der Waals surface area contributed by atoms with Gasteiger partial charge in [0.1, 0.15) is 17.1 Å². The van der Waals surface area contributed by atoms with Crippen molar-refractivity contribution in [3.05, 3.63) is 48.0 Å². The molecule has 0 aliphatic carbocycles. The van der Waals surface area contributed by atoms with E-state index in [1.165, 1.54) is 24.3 Å². The van der Waals surface area contributed by atoms with E-state index in [4.69, 9.17) is 5.11 Å². The molecule has 0 saturated carbocycles. The van der Waals surface area contributed by atoms with Gasteiger partial charge in [-0.3, -0.25) is 4.72 Å². The van der Waals surface area contributed by atoms with E-state index in [9.17, 15) is 23.4 Å². The third-order valence-corrected chi connectivity index (χ3v) is 3.99. The minimum Gasteiger partial charge on any atom is -0.508 e. The number of carboxylic acid groups (broad SMARTS) is 1. The Hall–Kier alpha value is -2.74. The Balaban J connectivity index is 2.33. The van der Waals surface area contributed by atoms with Crippen LogP contribution in [0.5, 0.6) is 11.5 Å². The van der Waals surface area contributed by atoms with Gasteiger partial charge in [-0.15, -0.1) is 0 Å². The van der Waals surface area contributed by atoms with Crippen molar-refractivity contribution in [1.29, 1.82) is 0 Å². The molecule has 2 rings (SSSR count). The number of carbonyl (C=O) groups is 1. The SMILES string of the molecule is O=C(O)c1ccc(NS(=O)(=O)c2cccc(O)c2)cc1O. The second-order valence-electron chi connectivity index (χ2n) is 4.14. The first-order valence-corrected chi connectivity index (χ1v) is 7.16. The highest BCUT2D eigenvalue weighted by Crippen LogP contribution is 2.25. The molecule has 0 heterocycles. The molecule has 2 aromatic rings. The van der Waals surface area contributed by atoms with Crippen LogP contribution in [0, 0.1) is 0 Å². The van der Waals surface area contributed by atoms with E-state index >= 15 is 0 Å². The molecule has 0 fully saturated rings. The molecule has 0 bridgehead atoms. The molecule has 4 N–H and O–H groups in total. The highest BCUT2D eigenvalue weighted by Gasteiger charge is 2.16. The summed E-state index contributed by atoms with van der Waals surface area (Å²) < 4.78 is 26.3. The van der Waals surface area contributed by atoms with Crippen LogP contribution in [0.1, 0.15) is 10.4 Å². The maximum absolute atomic E-state index is 12.1. The molecule has 0 radical (unpaired) electrons. The lowest BCUT2D eigenvalue weighted by molar-refractivity contribution is 0.0694. The summed E-state index contributed by atoms with van der Waals surface area (Å²) in [6, 6.07) is 8.33. The van der Waals surface area contributed by atoms with Crippen LogP contribution in [0.2, 0.25) is 0 Å². The van der Waals surface area contributed by atoms with Gasteiger partial charge in [0.25, 0.3) is 10.0 Å². The summed E-state index contributed by atoms with van der Waals surface area (Å²) in [7, 11) is -3.95. The maximum Gasteiger partial charge on any atom is 0.339 e. The van der Waals surface area contributed by atoms with E-state index < -0.39 is 21.7 Å². The summed E-state index contributed by atoms with van der Waals surface area (Å²) in [6.45, 7) is 0. The molecule has 0 saturated heterocycles. The Morgan fingerprint density at radius 3 is 2.33 bits per heavy atom. The van der Waals surface area contributed by atoms with Crippen molar-refractivity contribution in [3.8, 4) is 11.5 Å². The van der Waals surface area contributed by atoms with Gasteiger partial charge in [0, 0.05) is 12.1 Å². The smallest absolute Gasteiger partial charge is 0.339 e. The quantitative estimate of drug-likeness (QED) is 0.680. The first-order valence-electron chi connectivity index (χ1n) is 5.68. The Labute approximate surface area is 120 Å². The van der Waals surface area contributed by atoms with E-state index in [0.717, 1.165) is 18.2 Å². The number of hydrogen-bond acceptors (Lipinski definition) is 5. The molecule has 0 spiro atoms. The van der Waals surface area contributed by atoms with Crippen molar-refractivity contribution < 1.29 is 28.5 Å². The second kappa shape index (κ2) is 5.33. The van der Waals surface area contributed by atoms with Gasteiger partial charge in [-0.2, -0.15) is 0 Å². The van der Waals surface area contributed by atoms with E-state index in [-0.39, 0.29) is 21.9 Å². The molecule has 110 valence electrons. The van der Waals surface area contributed by atoms with E-state index in [2.05, 4.69) is 4.72 Å². The third-order valence-electron chi connectivity index (χ3n) is 2.61. The van der Waals surface area contributed by atoms with Gasteiger partial charge >= 0.3 is 5.97 Å². The van der Waals surface area contributed by atoms with Crippen LogP contribution in [0.3, 0.4) is 0 Å². The molecule has 0 aliphatic heterocycles. The fourth-order valence-corrected chi connectivity index (χ4v) is 2.73. The maximum atomic E-state index is 12.1. The summed E-state index contributed by atoms with van der Waals surface area (Å²) in [5.74, 6) is -2.09. The van der Waals surface area contributed by atoms with Crippen molar-refractivity contribution in [2.75, 3.05) is 4.72 Å². The molecule has 0 amide bonds. The number of carboxylic acids is 1. The minimum atomic E-state index is -3.95. The number of phenolic OH excluding ortho intramolecular Hbond substituents is 1. The van der Waals surface area contributed by atoms with E-state index in [1.807, 2.05) is 0 Å². The topological polar surface area (TPSA) is 124 Å². The molecule has 7 nitrogen and oxygen atoms in total. The number of anilines is 1. The standard InChI is InChI=1S/C13H11NO6S/c15-9-2-1-3-10(7-9)21(19,20)14-8-4-5-11(13(17)18)12(16)6-8/h1-7,14-16H,(H,17,18). The van der Waals surface area contributed by atoms with Gasteiger partial charge in [0.2, 0.25) is 0 Å². The van der Waals surface area contributed by atoms with Crippen molar-refractivity contribution in [3.63, 3.8) is 0 Å². The lowest BCUT2D eigenvalue weighted by atomic mass is 10.2. The first-order chi connectivity index (χ1) is 9.79. The van der Waals surface area contributed by atoms with Gasteiger partial charge in [-0.1, -0.05) is 6.07 Å². The Morgan fingerprint density at radius 1 is 1.05 bits per heavy atom. The average Bonchev–Trinajstić information content (AvgIpc) is 2.37. The lowest BCUT2D eigenvalue weighted by Crippen LogP contribution is -2.13. The van der Waals surface area contributed by atoms with E-state index in [1.54, 1.807) is 0 Å². The number of rotatable bonds is 4. The van der Waals surface area contributed by atoms with Gasteiger partial charge in [0.05, 0.1) is 10.6 Å². The summed E-state index contributed by atoms with van der Waals surface area (Å²) >= 11 is 0. The average molecular weight is 309 g/mol.